The van der Waals surface area contributed by atoms with E-state index in [0.717, 1.165) is 28.8 Å². The zero-order valence-electron chi connectivity index (χ0n) is 16.7. The van der Waals surface area contributed by atoms with Crippen LogP contribution in [0, 0.1) is 0 Å². The van der Waals surface area contributed by atoms with Gasteiger partial charge in [-0.3, -0.25) is 9.10 Å². The highest BCUT2D eigenvalue weighted by Gasteiger charge is 2.34. The number of hydrogen-bond donors (Lipinski definition) is 1. The van der Waals surface area contributed by atoms with Gasteiger partial charge in [-0.15, -0.1) is 0 Å². The molecule has 0 aliphatic carbocycles. The molecule has 0 spiro atoms. The van der Waals surface area contributed by atoms with Gasteiger partial charge in [0.15, 0.2) is 0 Å². The fourth-order valence-corrected chi connectivity index (χ4v) is 4.31. The van der Waals surface area contributed by atoms with Crippen molar-refractivity contribution in [2.45, 2.75) is 11.1 Å². The van der Waals surface area contributed by atoms with Crippen molar-refractivity contribution in [1.82, 2.24) is 4.31 Å². The fraction of sp³-hybridized carbons (Fsp3) is 0.278. The largest absolute Gasteiger partial charge is 0.418 e. The van der Waals surface area contributed by atoms with Crippen molar-refractivity contribution in [2.24, 2.45) is 0 Å². The Morgan fingerprint density at radius 3 is 2.00 bits per heavy atom. The molecule has 0 fully saturated rings. The second kappa shape index (κ2) is 8.85. The smallest absolute Gasteiger partial charge is 0.324 e. The molecular weight excluding hydrogens is 459 g/mol. The zero-order chi connectivity index (χ0) is 23.6. The van der Waals surface area contributed by atoms with Gasteiger partial charge in [0.1, 0.15) is 6.54 Å². The van der Waals surface area contributed by atoms with Gasteiger partial charge >= 0.3 is 6.18 Å². The third-order valence-corrected chi connectivity index (χ3v) is 7.07. The van der Waals surface area contributed by atoms with Gasteiger partial charge in [0, 0.05) is 14.1 Å². The van der Waals surface area contributed by atoms with E-state index in [0.29, 0.717) is 4.31 Å². The van der Waals surface area contributed by atoms with Gasteiger partial charge in [-0.05, 0) is 36.4 Å². The molecule has 170 valence electrons. The maximum Gasteiger partial charge on any atom is 0.418 e. The number of nitrogens with zero attached hydrogens (tertiary/aromatic N) is 2. The molecule has 8 nitrogen and oxygen atoms in total. The Morgan fingerprint density at radius 1 is 0.968 bits per heavy atom. The Kier molecular flexibility index (Phi) is 7.03. The van der Waals surface area contributed by atoms with Gasteiger partial charge in [-0.2, -0.15) is 13.2 Å². The molecule has 31 heavy (non-hydrogen) atoms. The van der Waals surface area contributed by atoms with Crippen molar-refractivity contribution >= 4 is 37.3 Å². The molecule has 0 saturated heterocycles. The standard InChI is InChI=1S/C18H20F3N3O5S2/c1-23(2)31(28,29)14-10-8-13(9-11-14)24(30(3,26)27)12-17(25)22-16-7-5-4-6-15(16)18(19,20)21/h4-11H,12H2,1-3H3,(H,22,25). The number of para-hydroxylation sites is 1. The van der Waals surface area contributed by atoms with Crippen LogP contribution in [0.4, 0.5) is 24.5 Å². The van der Waals surface area contributed by atoms with Crippen LogP contribution >= 0.6 is 0 Å². The SMILES string of the molecule is CN(C)S(=O)(=O)c1ccc(N(CC(=O)Nc2ccccc2C(F)(F)F)S(C)(=O)=O)cc1. The molecule has 0 aliphatic heterocycles. The quantitative estimate of drug-likeness (QED) is 0.657. The third kappa shape index (κ3) is 5.95. The Balaban J connectivity index is 2.31. The van der Waals surface area contributed by atoms with E-state index < -0.39 is 49.9 Å². The van der Waals surface area contributed by atoms with Crippen molar-refractivity contribution in [2.75, 3.05) is 36.5 Å². The number of carbonyl (C=O) groups is 1. The maximum absolute atomic E-state index is 13.1. The van der Waals surface area contributed by atoms with Crippen LogP contribution in [0.1, 0.15) is 5.56 Å². The van der Waals surface area contributed by atoms with E-state index >= 15 is 0 Å². The molecule has 0 bridgehead atoms. The van der Waals surface area contributed by atoms with Crippen molar-refractivity contribution in [1.29, 1.82) is 0 Å². The number of nitrogens with one attached hydrogen (secondary N) is 1. The highest BCUT2D eigenvalue weighted by Crippen LogP contribution is 2.34. The van der Waals surface area contributed by atoms with Gasteiger partial charge in [-0.25, -0.2) is 21.1 Å². The fourth-order valence-electron chi connectivity index (χ4n) is 2.55. The number of benzene rings is 2. The molecular formula is C18H20F3N3O5S2. The number of halogens is 3. The summed E-state index contributed by atoms with van der Waals surface area (Å²) in [5, 5.41) is 2.07. The molecule has 1 amide bonds. The summed E-state index contributed by atoms with van der Waals surface area (Å²) in [5.41, 5.74) is -1.62. The second-order valence-electron chi connectivity index (χ2n) is 6.64. The Morgan fingerprint density at radius 2 is 1.52 bits per heavy atom. The third-order valence-electron chi connectivity index (χ3n) is 4.10. The first-order chi connectivity index (χ1) is 14.1. The molecule has 0 atom stereocenters. The summed E-state index contributed by atoms with van der Waals surface area (Å²) in [7, 11) is -5.12. The van der Waals surface area contributed by atoms with Gasteiger partial charge in [0.25, 0.3) is 0 Å². The van der Waals surface area contributed by atoms with E-state index in [1.165, 1.54) is 44.4 Å². The molecule has 0 radical (unpaired) electrons. The van der Waals surface area contributed by atoms with Crippen LogP contribution in [0.3, 0.4) is 0 Å². The Hall–Kier alpha value is -2.64. The molecule has 2 aromatic carbocycles. The molecule has 13 heteroatoms. The van der Waals surface area contributed by atoms with Gasteiger partial charge in [0.05, 0.1) is 28.1 Å². The number of hydrogen-bond acceptors (Lipinski definition) is 5. The normalized spacial score (nSPS) is 12.6. The maximum atomic E-state index is 13.1. The summed E-state index contributed by atoms with van der Waals surface area (Å²) in [6.45, 7) is -0.815. The minimum absolute atomic E-state index is 0.0283. The monoisotopic (exact) mass is 479 g/mol. The van der Waals surface area contributed by atoms with E-state index in [-0.39, 0.29) is 10.6 Å². The van der Waals surface area contributed by atoms with E-state index in [1.807, 2.05) is 0 Å². The van der Waals surface area contributed by atoms with Gasteiger partial charge < -0.3 is 5.32 Å². The number of alkyl halides is 3. The van der Waals surface area contributed by atoms with Crippen molar-refractivity contribution in [3.63, 3.8) is 0 Å². The van der Waals surface area contributed by atoms with Crippen LogP contribution in [0.25, 0.3) is 0 Å². The topological polar surface area (TPSA) is 104 Å². The summed E-state index contributed by atoms with van der Waals surface area (Å²) in [6.07, 6.45) is -3.90. The lowest BCUT2D eigenvalue weighted by Crippen LogP contribution is -2.37. The van der Waals surface area contributed by atoms with Crippen LogP contribution < -0.4 is 9.62 Å². The molecule has 0 saturated carbocycles. The summed E-state index contributed by atoms with van der Waals surface area (Å²) in [5.74, 6) is -1.01. The van der Waals surface area contributed by atoms with Crippen molar-refractivity contribution in [3.05, 3.63) is 54.1 Å². The molecule has 2 rings (SSSR count). The summed E-state index contributed by atoms with van der Waals surface area (Å²) < 4.78 is 89.6. The molecule has 0 aliphatic rings. The molecule has 1 N–H and O–H groups in total. The molecule has 2 aromatic rings. The zero-order valence-corrected chi connectivity index (χ0v) is 18.3. The van der Waals surface area contributed by atoms with Crippen LogP contribution in [0.2, 0.25) is 0 Å². The average Bonchev–Trinajstić information content (AvgIpc) is 2.65. The summed E-state index contributed by atoms with van der Waals surface area (Å²) in [6, 6.07) is 9.00. The minimum Gasteiger partial charge on any atom is -0.324 e. The highest BCUT2D eigenvalue weighted by molar-refractivity contribution is 7.92. The van der Waals surface area contributed by atoms with E-state index in [4.69, 9.17) is 0 Å². The number of amides is 1. The van der Waals surface area contributed by atoms with Crippen LogP contribution in [-0.4, -0.2) is 53.9 Å². The predicted octanol–water partition coefficient (Wildman–Crippen LogP) is 2.36. The summed E-state index contributed by atoms with van der Waals surface area (Å²) in [4.78, 5) is 12.3. The number of sulfonamides is 2. The second-order valence-corrected chi connectivity index (χ2v) is 10.7. The first-order valence-electron chi connectivity index (χ1n) is 8.60. The van der Waals surface area contributed by atoms with Crippen molar-refractivity contribution < 1.29 is 34.8 Å². The van der Waals surface area contributed by atoms with Gasteiger partial charge in [0.2, 0.25) is 26.0 Å². The predicted molar refractivity (Wildman–Crippen MR) is 110 cm³/mol. The molecule has 0 heterocycles. The number of anilines is 2. The molecule has 0 aromatic heterocycles. The first-order valence-corrected chi connectivity index (χ1v) is 11.9. The first kappa shape index (κ1) is 24.6. The lowest BCUT2D eigenvalue weighted by atomic mass is 10.1. The number of rotatable bonds is 7. The van der Waals surface area contributed by atoms with Crippen LogP contribution in [-0.2, 0) is 31.0 Å². The van der Waals surface area contributed by atoms with Crippen molar-refractivity contribution in [3.8, 4) is 0 Å². The minimum atomic E-state index is -4.71. The van der Waals surface area contributed by atoms with E-state index in [9.17, 15) is 34.8 Å². The average molecular weight is 480 g/mol. The molecule has 0 unspecified atom stereocenters. The Labute approximate surface area is 178 Å². The van der Waals surface area contributed by atoms with E-state index in [1.54, 1.807) is 0 Å². The Bertz CT molecular complexity index is 1160. The van der Waals surface area contributed by atoms with E-state index in [2.05, 4.69) is 5.32 Å². The van der Waals surface area contributed by atoms with Crippen LogP contribution in [0.5, 0.6) is 0 Å². The number of carbonyl (C=O) groups excluding carboxylic acids is 1. The van der Waals surface area contributed by atoms with Gasteiger partial charge in [-0.1, -0.05) is 12.1 Å². The lowest BCUT2D eigenvalue weighted by Gasteiger charge is -2.23. The van der Waals surface area contributed by atoms with Crippen LogP contribution in [0.15, 0.2) is 53.4 Å². The highest BCUT2D eigenvalue weighted by atomic mass is 32.2. The summed E-state index contributed by atoms with van der Waals surface area (Å²) >= 11 is 0. The lowest BCUT2D eigenvalue weighted by molar-refractivity contribution is -0.137.